The normalized spacial score (nSPS) is 10.8. The molecule has 0 radical (unpaired) electrons. The maximum atomic E-state index is 11.5. The van der Waals surface area contributed by atoms with Crippen molar-refractivity contribution in [2.24, 2.45) is 5.92 Å². The second-order valence-corrected chi connectivity index (χ2v) is 6.70. The molecule has 27 heavy (non-hydrogen) atoms. The molecule has 1 aromatic heterocycles. The molecule has 3 rings (SSSR count). The largest absolute Gasteiger partial charge is 0.494 e. The number of rotatable bonds is 7. The fourth-order valence-corrected chi connectivity index (χ4v) is 2.57. The SMILES string of the molecule is COC(=O)c1ccc(-c2cc(-c3ccc(OCCC(C)C)cc3)on2)cc1. The van der Waals surface area contributed by atoms with Gasteiger partial charge in [0.25, 0.3) is 0 Å². The summed E-state index contributed by atoms with van der Waals surface area (Å²) < 4.78 is 15.9. The van der Waals surface area contributed by atoms with Crippen LogP contribution < -0.4 is 4.74 Å². The van der Waals surface area contributed by atoms with E-state index in [2.05, 4.69) is 19.0 Å². The number of hydrogen-bond donors (Lipinski definition) is 0. The molecule has 140 valence electrons. The third-order valence-electron chi connectivity index (χ3n) is 4.21. The van der Waals surface area contributed by atoms with E-state index >= 15 is 0 Å². The Morgan fingerprint density at radius 1 is 1.04 bits per heavy atom. The Morgan fingerprint density at radius 2 is 1.70 bits per heavy atom. The monoisotopic (exact) mass is 365 g/mol. The zero-order valence-corrected chi connectivity index (χ0v) is 15.8. The fourth-order valence-electron chi connectivity index (χ4n) is 2.57. The molecule has 0 aliphatic carbocycles. The molecule has 2 aromatic carbocycles. The van der Waals surface area contributed by atoms with Crippen LogP contribution in [-0.2, 0) is 4.74 Å². The third kappa shape index (κ3) is 4.76. The van der Waals surface area contributed by atoms with Gasteiger partial charge in [0.1, 0.15) is 11.4 Å². The molecule has 0 saturated heterocycles. The molecule has 0 unspecified atom stereocenters. The van der Waals surface area contributed by atoms with Gasteiger partial charge < -0.3 is 14.0 Å². The van der Waals surface area contributed by atoms with Gasteiger partial charge in [0.15, 0.2) is 5.76 Å². The molecule has 1 heterocycles. The lowest BCUT2D eigenvalue weighted by Crippen LogP contribution is -2.01. The van der Waals surface area contributed by atoms with Gasteiger partial charge in [-0.15, -0.1) is 0 Å². The summed E-state index contributed by atoms with van der Waals surface area (Å²) in [5.74, 6) is 1.78. The molecule has 0 N–H and O–H groups in total. The summed E-state index contributed by atoms with van der Waals surface area (Å²) in [6.07, 6.45) is 1.03. The van der Waals surface area contributed by atoms with E-state index < -0.39 is 0 Å². The molecular weight excluding hydrogens is 342 g/mol. The van der Waals surface area contributed by atoms with Crippen LogP contribution >= 0.6 is 0 Å². The summed E-state index contributed by atoms with van der Waals surface area (Å²) in [5, 5.41) is 4.13. The second-order valence-electron chi connectivity index (χ2n) is 6.70. The minimum Gasteiger partial charge on any atom is -0.494 e. The number of benzene rings is 2. The van der Waals surface area contributed by atoms with E-state index in [9.17, 15) is 4.79 Å². The van der Waals surface area contributed by atoms with Crippen LogP contribution in [0, 0.1) is 5.92 Å². The Balaban J connectivity index is 1.69. The predicted octanol–water partition coefficient (Wildman–Crippen LogP) is 5.22. The highest BCUT2D eigenvalue weighted by atomic mass is 16.5. The minimum absolute atomic E-state index is 0.363. The maximum absolute atomic E-state index is 11.5. The molecule has 0 spiro atoms. The van der Waals surface area contributed by atoms with Crippen molar-refractivity contribution in [1.29, 1.82) is 0 Å². The number of carbonyl (C=O) groups is 1. The first-order valence-electron chi connectivity index (χ1n) is 8.95. The van der Waals surface area contributed by atoms with Crippen molar-refractivity contribution in [2.45, 2.75) is 20.3 Å². The zero-order chi connectivity index (χ0) is 19.2. The van der Waals surface area contributed by atoms with Crippen LogP contribution in [0.1, 0.15) is 30.6 Å². The van der Waals surface area contributed by atoms with E-state index in [1.54, 1.807) is 12.1 Å². The van der Waals surface area contributed by atoms with Crippen molar-refractivity contribution < 1.29 is 18.8 Å². The summed E-state index contributed by atoms with van der Waals surface area (Å²) >= 11 is 0. The molecule has 5 heteroatoms. The first-order valence-corrected chi connectivity index (χ1v) is 8.95. The van der Waals surface area contributed by atoms with Crippen molar-refractivity contribution >= 4 is 5.97 Å². The van der Waals surface area contributed by atoms with E-state index in [1.807, 2.05) is 42.5 Å². The third-order valence-corrected chi connectivity index (χ3v) is 4.21. The Morgan fingerprint density at radius 3 is 2.33 bits per heavy atom. The van der Waals surface area contributed by atoms with Crippen LogP contribution in [0.3, 0.4) is 0 Å². The van der Waals surface area contributed by atoms with Crippen LogP contribution in [0.2, 0.25) is 0 Å². The smallest absolute Gasteiger partial charge is 0.337 e. The highest BCUT2D eigenvalue weighted by molar-refractivity contribution is 5.89. The Labute approximate surface area is 158 Å². The van der Waals surface area contributed by atoms with E-state index in [-0.39, 0.29) is 5.97 Å². The second kappa shape index (κ2) is 8.54. The molecule has 0 amide bonds. The molecule has 3 aromatic rings. The number of aromatic nitrogens is 1. The first-order chi connectivity index (χ1) is 13.1. The van der Waals surface area contributed by atoms with Gasteiger partial charge in [0.05, 0.1) is 19.3 Å². The van der Waals surface area contributed by atoms with E-state index in [0.29, 0.717) is 29.5 Å². The maximum Gasteiger partial charge on any atom is 0.337 e. The van der Waals surface area contributed by atoms with Crippen molar-refractivity contribution in [1.82, 2.24) is 5.16 Å². The summed E-state index contributed by atoms with van der Waals surface area (Å²) in [7, 11) is 1.36. The van der Waals surface area contributed by atoms with Crippen molar-refractivity contribution in [3.63, 3.8) is 0 Å². The number of carbonyl (C=O) groups excluding carboxylic acids is 1. The lowest BCUT2D eigenvalue weighted by molar-refractivity contribution is 0.0601. The highest BCUT2D eigenvalue weighted by Gasteiger charge is 2.10. The van der Waals surface area contributed by atoms with Gasteiger partial charge in [-0.1, -0.05) is 31.1 Å². The average Bonchev–Trinajstić information content (AvgIpc) is 3.18. The van der Waals surface area contributed by atoms with Crippen LogP contribution in [0.25, 0.3) is 22.6 Å². The summed E-state index contributed by atoms with van der Waals surface area (Å²) in [6.45, 7) is 5.07. The molecule has 0 aliphatic heterocycles. The Hall–Kier alpha value is -3.08. The van der Waals surface area contributed by atoms with Crippen LogP contribution in [0.4, 0.5) is 0 Å². The molecule has 0 saturated carbocycles. The van der Waals surface area contributed by atoms with Crippen molar-refractivity contribution in [3.8, 4) is 28.3 Å². The predicted molar refractivity (Wildman–Crippen MR) is 104 cm³/mol. The fraction of sp³-hybridized carbons (Fsp3) is 0.273. The quantitative estimate of drug-likeness (QED) is 0.537. The molecule has 0 fully saturated rings. The standard InChI is InChI=1S/C22H23NO4/c1-15(2)12-13-26-19-10-8-17(9-11-19)21-14-20(23-27-21)16-4-6-18(7-5-16)22(24)25-3/h4-11,14-15H,12-13H2,1-3H3. The van der Waals surface area contributed by atoms with Gasteiger partial charge in [-0.05, 0) is 48.7 Å². The molecule has 0 bridgehead atoms. The molecule has 0 atom stereocenters. The number of methoxy groups -OCH3 is 1. The Kier molecular flexibility index (Phi) is 5.91. The van der Waals surface area contributed by atoms with E-state index in [1.165, 1.54) is 7.11 Å². The van der Waals surface area contributed by atoms with Gasteiger partial charge in [-0.25, -0.2) is 4.79 Å². The lowest BCUT2D eigenvalue weighted by Gasteiger charge is -2.08. The van der Waals surface area contributed by atoms with Gasteiger partial charge in [-0.3, -0.25) is 0 Å². The van der Waals surface area contributed by atoms with Gasteiger partial charge in [0, 0.05) is 17.2 Å². The Bertz CT molecular complexity index is 879. The van der Waals surface area contributed by atoms with Gasteiger partial charge in [-0.2, -0.15) is 0 Å². The van der Waals surface area contributed by atoms with Gasteiger partial charge >= 0.3 is 5.97 Å². The number of hydrogen-bond acceptors (Lipinski definition) is 5. The molecule has 0 aliphatic rings. The zero-order valence-electron chi connectivity index (χ0n) is 15.8. The number of ether oxygens (including phenoxy) is 2. The van der Waals surface area contributed by atoms with Gasteiger partial charge in [0.2, 0.25) is 0 Å². The van der Waals surface area contributed by atoms with E-state index in [4.69, 9.17) is 14.0 Å². The highest BCUT2D eigenvalue weighted by Crippen LogP contribution is 2.27. The lowest BCUT2D eigenvalue weighted by atomic mass is 10.1. The van der Waals surface area contributed by atoms with E-state index in [0.717, 1.165) is 23.3 Å². The average molecular weight is 365 g/mol. The van der Waals surface area contributed by atoms with Crippen molar-refractivity contribution in [2.75, 3.05) is 13.7 Å². The van der Waals surface area contributed by atoms with Crippen LogP contribution in [-0.4, -0.2) is 24.8 Å². The minimum atomic E-state index is -0.363. The molecular formula is C22H23NO4. The summed E-state index contributed by atoms with van der Waals surface area (Å²) in [6, 6.07) is 16.7. The topological polar surface area (TPSA) is 61.6 Å². The number of esters is 1. The van der Waals surface area contributed by atoms with Crippen LogP contribution in [0.15, 0.2) is 59.1 Å². The van der Waals surface area contributed by atoms with Crippen LogP contribution in [0.5, 0.6) is 5.75 Å². The van der Waals surface area contributed by atoms with Crippen molar-refractivity contribution in [3.05, 3.63) is 60.2 Å². The molecule has 5 nitrogen and oxygen atoms in total. The first kappa shape index (κ1) is 18.7. The summed E-state index contributed by atoms with van der Waals surface area (Å²) in [4.78, 5) is 11.5. The summed E-state index contributed by atoms with van der Waals surface area (Å²) in [5.41, 5.74) is 3.00. The number of nitrogens with zero attached hydrogens (tertiary/aromatic N) is 1.